The Bertz CT molecular complexity index is 451. The van der Waals surface area contributed by atoms with E-state index in [0.29, 0.717) is 12.1 Å². The van der Waals surface area contributed by atoms with Crippen LogP contribution in [0.3, 0.4) is 0 Å². The Kier molecular flexibility index (Phi) is 10.3. The SMILES string of the molecule is CN1CCC(CCNC(=O)c2ccnc(CN)c2)CC1.Cl.Cl. The van der Waals surface area contributed by atoms with E-state index in [1.807, 2.05) is 0 Å². The summed E-state index contributed by atoms with van der Waals surface area (Å²) < 4.78 is 0. The number of nitrogens with zero attached hydrogens (tertiary/aromatic N) is 2. The number of pyridine rings is 1. The lowest BCUT2D eigenvalue weighted by Crippen LogP contribution is -2.32. The van der Waals surface area contributed by atoms with E-state index in [0.717, 1.165) is 24.6 Å². The van der Waals surface area contributed by atoms with E-state index in [4.69, 9.17) is 5.73 Å². The molecule has 3 N–H and O–H groups in total. The third-order valence-electron chi connectivity index (χ3n) is 3.96. The van der Waals surface area contributed by atoms with Crippen molar-refractivity contribution in [3.05, 3.63) is 29.6 Å². The second-order valence-corrected chi connectivity index (χ2v) is 5.53. The van der Waals surface area contributed by atoms with Crippen molar-refractivity contribution in [1.29, 1.82) is 0 Å². The zero-order chi connectivity index (χ0) is 14.4. The number of carbonyl (C=O) groups is 1. The molecule has 1 aromatic rings. The van der Waals surface area contributed by atoms with Gasteiger partial charge in [0.2, 0.25) is 0 Å². The van der Waals surface area contributed by atoms with Crippen molar-refractivity contribution in [2.24, 2.45) is 11.7 Å². The lowest BCUT2D eigenvalue weighted by molar-refractivity contribution is 0.0948. The Hall–Kier alpha value is -0.880. The minimum absolute atomic E-state index is 0. The van der Waals surface area contributed by atoms with Gasteiger partial charge in [-0.15, -0.1) is 24.8 Å². The summed E-state index contributed by atoms with van der Waals surface area (Å²) in [5.74, 6) is 0.707. The summed E-state index contributed by atoms with van der Waals surface area (Å²) in [6.45, 7) is 3.44. The third kappa shape index (κ3) is 6.48. The van der Waals surface area contributed by atoms with Crippen molar-refractivity contribution in [2.45, 2.75) is 25.8 Å². The van der Waals surface area contributed by atoms with Gasteiger partial charge in [0, 0.05) is 24.8 Å². The molecule has 1 amide bonds. The zero-order valence-electron chi connectivity index (χ0n) is 13.0. The maximum absolute atomic E-state index is 12.0. The van der Waals surface area contributed by atoms with Gasteiger partial charge in [0.05, 0.1) is 5.69 Å². The van der Waals surface area contributed by atoms with Gasteiger partial charge in [-0.2, -0.15) is 0 Å². The molecule has 1 saturated heterocycles. The van der Waals surface area contributed by atoms with E-state index in [9.17, 15) is 4.79 Å². The van der Waals surface area contributed by atoms with E-state index < -0.39 is 0 Å². The Labute approximate surface area is 144 Å². The summed E-state index contributed by atoms with van der Waals surface area (Å²) in [7, 11) is 2.16. The van der Waals surface area contributed by atoms with E-state index in [1.54, 1.807) is 18.3 Å². The van der Waals surface area contributed by atoms with Crippen LogP contribution < -0.4 is 11.1 Å². The van der Waals surface area contributed by atoms with Crippen LogP contribution in [0.25, 0.3) is 0 Å². The molecular weight excluding hydrogens is 323 g/mol. The number of halogens is 2. The predicted molar refractivity (Wildman–Crippen MR) is 93.8 cm³/mol. The Morgan fingerprint density at radius 1 is 1.41 bits per heavy atom. The molecule has 0 unspecified atom stereocenters. The lowest BCUT2D eigenvalue weighted by atomic mass is 9.94. The number of amides is 1. The zero-order valence-corrected chi connectivity index (χ0v) is 14.6. The first kappa shape index (κ1) is 21.1. The molecule has 1 fully saturated rings. The van der Waals surface area contributed by atoms with Crippen molar-refractivity contribution < 1.29 is 4.79 Å². The molecule has 2 rings (SSSR count). The first-order valence-electron chi connectivity index (χ1n) is 7.31. The van der Waals surface area contributed by atoms with Crippen molar-refractivity contribution in [2.75, 3.05) is 26.7 Å². The number of piperidine rings is 1. The minimum Gasteiger partial charge on any atom is -0.352 e. The largest absolute Gasteiger partial charge is 0.352 e. The fourth-order valence-corrected chi connectivity index (χ4v) is 2.57. The molecule has 0 aliphatic carbocycles. The number of aromatic nitrogens is 1. The molecule has 0 aromatic carbocycles. The van der Waals surface area contributed by atoms with Crippen LogP contribution in [0.15, 0.2) is 18.3 Å². The molecule has 0 bridgehead atoms. The summed E-state index contributed by atoms with van der Waals surface area (Å²) in [6, 6.07) is 3.48. The van der Waals surface area contributed by atoms with Crippen LogP contribution in [0, 0.1) is 5.92 Å². The Morgan fingerprint density at radius 3 is 2.73 bits per heavy atom. The number of hydrogen-bond donors (Lipinski definition) is 2. The average Bonchev–Trinajstić information content (AvgIpc) is 2.49. The van der Waals surface area contributed by atoms with Crippen LogP contribution >= 0.6 is 24.8 Å². The molecule has 0 atom stereocenters. The fourth-order valence-electron chi connectivity index (χ4n) is 2.57. The number of likely N-dealkylation sites (tertiary alicyclic amines) is 1. The van der Waals surface area contributed by atoms with Crippen LogP contribution in [0.1, 0.15) is 35.3 Å². The van der Waals surface area contributed by atoms with Crippen LogP contribution in [0.5, 0.6) is 0 Å². The number of hydrogen-bond acceptors (Lipinski definition) is 4. The first-order valence-corrected chi connectivity index (χ1v) is 7.31. The quantitative estimate of drug-likeness (QED) is 0.851. The molecule has 1 aliphatic rings. The van der Waals surface area contributed by atoms with Crippen molar-refractivity contribution in [3.63, 3.8) is 0 Å². The molecule has 0 spiro atoms. The van der Waals surface area contributed by atoms with E-state index in [-0.39, 0.29) is 30.7 Å². The van der Waals surface area contributed by atoms with Crippen molar-refractivity contribution in [3.8, 4) is 0 Å². The molecule has 7 heteroatoms. The van der Waals surface area contributed by atoms with E-state index >= 15 is 0 Å². The van der Waals surface area contributed by atoms with Gasteiger partial charge in [-0.3, -0.25) is 9.78 Å². The maximum atomic E-state index is 12.0. The van der Waals surface area contributed by atoms with Gasteiger partial charge >= 0.3 is 0 Å². The highest BCUT2D eigenvalue weighted by Crippen LogP contribution is 2.18. The Morgan fingerprint density at radius 2 is 2.09 bits per heavy atom. The van der Waals surface area contributed by atoms with Crippen molar-refractivity contribution >= 4 is 30.7 Å². The van der Waals surface area contributed by atoms with Crippen LogP contribution in [-0.2, 0) is 6.54 Å². The number of rotatable bonds is 5. The summed E-state index contributed by atoms with van der Waals surface area (Å²) in [4.78, 5) is 18.5. The molecular formula is C15H26Cl2N4O. The maximum Gasteiger partial charge on any atom is 0.251 e. The highest BCUT2D eigenvalue weighted by atomic mass is 35.5. The van der Waals surface area contributed by atoms with Crippen LogP contribution in [0.4, 0.5) is 0 Å². The average molecular weight is 349 g/mol. The van der Waals surface area contributed by atoms with Gasteiger partial charge in [-0.05, 0) is 57.5 Å². The highest BCUT2D eigenvalue weighted by Gasteiger charge is 2.16. The second-order valence-electron chi connectivity index (χ2n) is 5.53. The standard InChI is InChI=1S/C15H24N4O.2ClH/c1-19-8-4-12(5-9-19)2-6-18-15(20)13-3-7-17-14(10-13)11-16;;/h3,7,10,12H,2,4-6,8-9,11,16H2,1H3,(H,18,20);2*1H. The van der Waals surface area contributed by atoms with E-state index in [2.05, 4.69) is 22.2 Å². The van der Waals surface area contributed by atoms with Gasteiger partial charge in [-0.1, -0.05) is 0 Å². The molecule has 5 nitrogen and oxygen atoms in total. The van der Waals surface area contributed by atoms with Gasteiger partial charge in [0.1, 0.15) is 0 Å². The topological polar surface area (TPSA) is 71.2 Å². The number of nitrogens with two attached hydrogens (primary N) is 1. The van der Waals surface area contributed by atoms with E-state index in [1.165, 1.54) is 25.9 Å². The lowest BCUT2D eigenvalue weighted by Gasteiger charge is -2.28. The first-order chi connectivity index (χ1) is 9.69. The summed E-state index contributed by atoms with van der Waals surface area (Å²) >= 11 is 0. The summed E-state index contributed by atoms with van der Waals surface area (Å²) in [5, 5.41) is 2.99. The molecule has 22 heavy (non-hydrogen) atoms. The Balaban J connectivity index is 0.00000220. The monoisotopic (exact) mass is 348 g/mol. The summed E-state index contributed by atoms with van der Waals surface area (Å²) in [5.41, 5.74) is 6.92. The number of carbonyl (C=O) groups excluding carboxylic acids is 1. The molecule has 1 aliphatic heterocycles. The molecule has 126 valence electrons. The van der Waals surface area contributed by atoms with Crippen LogP contribution in [0.2, 0.25) is 0 Å². The molecule has 2 heterocycles. The van der Waals surface area contributed by atoms with Crippen LogP contribution in [-0.4, -0.2) is 42.5 Å². The second kappa shape index (κ2) is 10.8. The van der Waals surface area contributed by atoms with Gasteiger partial charge < -0.3 is 16.0 Å². The highest BCUT2D eigenvalue weighted by molar-refractivity contribution is 5.94. The van der Waals surface area contributed by atoms with Gasteiger partial charge in [0.15, 0.2) is 0 Å². The number of nitrogens with one attached hydrogen (secondary N) is 1. The molecule has 0 radical (unpaired) electrons. The molecule has 0 saturated carbocycles. The fraction of sp³-hybridized carbons (Fsp3) is 0.600. The third-order valence-corrected chi connectivity index (χ3v) is 3.96. The van der Waals surface area contributed by atoms with Gasteiger partial charge in [0.25, 0.3) is 5.91 Å². The summed E-state index contributed by atoms with van der Waals surface area (Å²) in [6.07, 6.45) is 5.17. The normalized spacial score (nSPS) is 15.5. The van der Waals surface area contributed by atoms with Gasteiger partial charge in [-0.25, -0.2) is 0 Å². The predicted octanol–water partition coefficient (Wildman–Crippen LogP) is 1.85. The van der Waals surface area contributed by atoms with Crippen molar-refractivity contribution in [1.82, 2.24) is 15.2 Å². The molecule has 1 aromatic heterocycles. The minimum atomic E-state index is -0.0324. The smallest absolute Gasteiger partial charge is 0.251 e.